The van der Waals surface area contributed by atoms with Crippen molar-refractivity contribution in [2.45, 2.75) is 39.3 Å². The van der Waals surface area contributed by atoms with E-state index in [1.807, 2.05) is 49.4 Å². The molecule has 3 N–H and O–H groups in total. The molecular formula is C24H35IN4O3. The molecule has 2 aromatic carbocycles. The number of methoxy groups -OCH3 is 2. The molecule has 0 aliphatic rings. The first kappa shape index (κ1) is 27.5. The highest BCUT2D eigenvalue weighted by molar-refractivity contribution is 14.0. The first-order chi connectivity index (χ1) is 15.0. The van der Waals surface area contributed by atoms with Crippen LogP contribution in [-0.4, -0.2) is 45.7 Å². The summed E-state index contributed by atoms with van der Waals surface area (Å²) in [5.74, 6) is 2.10. The SMILES string of the molecule is CCC(C)NC(=O)c1cccc(CNC(=NC)NCCc2ccc(OC)c(OC)c2)c1.I. The zero-order valence-electron chi connectivity index (χ0n) is 19.5. The highest BCUT2D eigenvalue weighted by atomic mass is 127. The number of guanidine groups is 1. The lowest BCUT2D eigenvalue weighted by atomic mass is 10.1. The molecule has 0 saturated carbocycles. The van der Waals surface area contributed by atoms with Crippen LogP contribution in [0.2, 0.25) is 0 Å². The summed E-state index contributed by atoms with van der Waals surface area (Å²) in [5, 5.41) is 9.60. The van der Waals surface area contributed by atoms with E-state index >= 15 is 0 Å². The van der Waals surface area contributed by atoms with E-state index in [0.717, 1.165) is 35.5 Å². The van der Waals surface area contributed by atoms with Gasteiger partial charge in [0, 0.05) is 31.7 Å². The lowest BCUT2D eigenvalue weighted by Gasteiger charge is -2.14. The van der Waals surface area contributed by atoms with Gasteiger partial charge in [0.25, 0.3) is 5.91 Å². The molecule has 1 atom stereocenters. The summed E-state index contributed by atoms with van der Waals surface area (Å²) in [6.45, 7) is 5.34. The Morgan fingerprint density at radius 1 is 1.03 bits per heavy atom. The third-order valence-corrected chi connectivity index (χ3v) is 5.02. The number of hydrogen-bond acceptors (Lipinski definition) is 4. The minimum atomic E-state index is -0.0476. The Bertz CT molecular complexity index is 889. The topological polar surface area (TPSA) is 84.0 Å². The highest BCUT2D eigenvalue weighted by Crippen LogP contribution is 2.27. The maximum absolute atomic E-state index is 12.3. The molecule has 0 aliphatic heterocycles. The van der Waals surface area contributed by atoms with Crippen molar-refractivity contribution in [2.75, 3.05) is 27.8 Å². The van der Waals surface area contributed by atoms with Crippen molar-refractivity contribution >= 4 is 35.8 Å². The van der Waals surface area contributed by atoms with Crippen molar-refractivity contribution < 1.29 is 14.3 Å². The molecule has 2 aromatic rings. The molecule has 0 saturated heterocycles. The third-order valence-electron chi connectivity index (χ3n) is 5.02. The molecule has 2 rings (SSSR count). The number of halogens is 1. The third kappa shape index (κ3) is 8.57. The predicted molar refractivity (Wildman–Crippen MR) is 141 cm³/mol. The van der Waals surface area contributed by atoms with Crippen LogP contribution in [0.15, 0.2) is 47.5 Å². The molecule has 1 unspecified atom stereocenters. The number of carbonyl (C=O) groups is 1. The normalized spacial score (nSPS) is 11.7. The molecule has 8 heteroatoms. The summed E-state index contributed by atoms with van der Waals surface area (Å²) in [6, 6.07) is 13.7. The molecule has 0 heterocycles. The molecule has 0 aliphatic carbocycles. The van der Waals surface area contributed by atoms with Crippen molar-refractivity contribution in [2.24, 2.45) is 4.99 Å². The summed E-state index contributed by atoms with van der Waals surface area (Å²) >= 11 is 0. The second kappa shape index (κ2) is 14.5. The predicted octanol–water partition coefficient (Wildman–Crippen LogP) is 3.76. The number of ether oxygens (including phenoxy) is 2. The summed E-state index contributed by atoms with van der Waals surface area (Å²) in [4.78, 5) is 16.6. The van der Waals surface area contributed by atoms with Gasteiger partial charge in [-0.2, -0.15) is 0 Å². The van der Waals surface area contributed by atoms with Crippen LogP contribution in [0, 0.1) is 0 Å². The van der Waals surface area contributed by atoms with Gasteiger partial charge < -0.3 is 25.4 Å². The van der Waals surface area contributed by atoms with Gasteiger partial charge in [-0.3, -0.25) is 9.79 Å². The van der Waals surface area contributed by atoms with Crippen LogP contribution in [-0.2, 0) is 13.0 Å². The highest BCUT2D eigenvalue weighted by Gasteiger charge is 2.09. The number of amides is 1. The summed E-state index contributed by atoms with van der Waals surface area (Å²) in [5.41, 5.74) is 2.82. The average Bonchev–Trinajstić information content (AvgIpc) is 2.81. The maximum atomic E-state index is 12.3. The molecular weight excluding hydrogens is 519 g/mol. The molecule has 0 aromatic heterocycles. The Morgan fingerprint density at radius 3 is 2.44 bits per heavy atom. The molecule has 0 spiro atoms. The van der Waals surface area contributed by atoms with Gasteiger partial charge in [0.2, 0.25) is 0 Å². The van der Waals surface area contributed by atoms with Gasteiger partial charge in [-0.1, -0.05) is 25.1 Å². The molecule has 0 radical (unpaired) electrons. The van der Waals surface area contributed by atoms with Crippen molar-refractivity contribution in [1.82, 2.24) is 16.0 Å². The van der Waals surface area contributed by atoms with Crippen molar-refractivity contribution in [3.8, 4) is 11.5 Å². The van der Waals surface area contributed by atoms with Crippen LogP contribution in [0.25, 0.3) is 0 Å². The minimum absolute atomic E-state index is 0. The number of carbonyl (C=O) groups excluding carboxylic acids is 1. The monoisotopic (exact) mass is 554 g/mol. The molecule has 7 nitrogen and oxygen atoms in total. The van der Waals surface area contributed by atoms with Gasteiger partial charge in [-0.25, -0.2) is 0 Å². The summed E-state index contributed by atoms with van der Waals surface area (Å²) < 4.78 is 10.6. The van der Waals surface area contributed by atoms with Gasteiger partial charge in [0.1, 0.15) is 0 Å². The number of aliphatic imine (C=N–C) groups is 1. The zero-order chi connectivity index (χ0) is 22.6. The number of benzene rings is 2. The summed E-state index contributed by atoms with van der Waals surface area (Å²) in [6.07, 6.45) is 1.71. The molecule has 0 fully saturated rings. The second-order valence-corrected chi connectivity index (χ2v) is 7.28. The van der Waals surface area contributed by atoms with Gasteiger partial charge >= 0.3 is 0 Å². The maximum Gasteiger partial charge on any atom is 0.251 e. The van der Waals surface area contributed by atoms with E-state index in [1.54, 1.807) is 21.3 Å². The van der Waals surface area contributed by atoms with E-state index in [2.05, 4.69) is 27.9 Å². The number of nitrogens with one attached hydrogen (secondary N) is 3. The van der Waals surface area contributed by atoms with Gasteiger partial charge in [-0.05, 0) is 55.2 Å². The Labute approximate surface area is 208 Å². The van der Waals surface area contributed by atoms with Crippen LogP contribution < -0.4 is 25.4 Å². The van der Waals surface area contributed by atoms with E-state index in [1.165, 1.54) is 0 Å². The summed E-state index contributed by atoms with van der Waals surface area (Å²) in [7, 11) is 5.00. The van der Waals surface area contributed by atoms with E-state index in [4.69, 9.17) is 9.47 Å². The Hall–Kier alpha value is -2.49. The van der Waals surface area contributed by atoms with Crippen molar-refractivity contribution in [1.29, 1.82) is 0 Å². The van der Waals surface area contributed by atoms with Gasteiger partial charge in [0.05, 0.1) is 14.2 Å². The minimum Gasteiger partial charge on any atom is -0.493 e. The Kier molecular flexibility index (Phi) is 12.5. The number of hydrogen-bond donors (Lipinski definition) is 3. The number of nitrogens with zero attached hydrogens (tertiary/aromatic N) is 1. The Morgan fingerprint density at radius 2 is 1.78 bits per heavy atom. The van der Waals surface area contributed by atoms with Crippen molar-refractivity contribution in [3.63, 3.8) is 0 Å². The van der Waals surface area contributed by atoms with Crippen LogP contribution in [0.1, 0.15) is 41.8 Å². The molecule has 1 amide bonds. The number of rotatable bonds is 10. The average molecular weight is 554 g/mol. The molecule has 0 bridgehead atoms. The lowest BCUT2D eigenvalue weighted by molar-refractivity contribution is 0.0939. The molecule has 176 valence electrons. The van der Waals surface area contributed by atoms with Gasteiger partial charge in [-0.15, -0.1) is 24.0 Å². The second-order valence-electron chi connectivity index (χ2n) is 7.28. The van der Waals surface area contributed by atoms with E-state index in [9.17, 15) is 4.79 Å². The van der Waals surface area contributed by atoms with E-state index in [0.29, 0.717) is 24.6 Å². The van der Waals surface area contributed by atoms with E-state index < -0.39 is 0 Å². The molecule has 32 heavy (non-hydrogen) atoms. The van der Waals surface area contributed by atoms with Crippen LogP contribution in [0.3, 0.4) is 0 Å². The quantitative estimate of drug-likeness (QED) is 0.237. The fourth-order valence-corrected chi connectivity index (χ4v) is 3.00. The fourth-order valence-electron chi connectivity index (χ4n) is 3.00. The van der Waals surface area contributed by atoms with Crippen LogP contribution in [0.5, 0.6) is 11.5 Å². The van der Waals surface area contributed by atoms with Crippen molar-refractivity contribution in [3.05, 3.63) is 59.2 Å². The Balaban J connectivity index is 0.00000512. The standard InChI is InChI=1S/C24H34N4O3.HI/c1-6-17(2)28-23(29)20-9-7-8-19(14-20)16-27-24(25-3)26-13-12-18-10-11-21(30-4)22(15-18)31-5;/h7-11,14-15,17H,6,12-13,16H2,1-5H3,(H,28,29)(H2,25,26,27);1H. The first-order valence-electron chi connectivity index (χ1n) is 10.6. The van der Waals surface area contributed by atoms with Crippen LogP contribution >= 0.6 is 24.0 Å². The lowest BCUT2D eigenvalue weighted by Crippen LogP contribution is -2.38. The van der Waals surface area contributed by atoms with Crippen LogP contribution in [0.4, 0.5) is 0 Å². The fraction of sp³-hybridized carbons (Fsp3) is 0.417. The first-order valence-corrected chi connectivity index (χ1v) is 10.6. The zero-order valence-corrected chi connectivity index (χ0v) is 21.9. The smallest absolute Gasteiger partial charge is 0.251 e. The van der Waals surface area contributed by atoms with E-state index in [-0.39, 0.29) is 35.9 Å². The largest absolute Gasteiger partial charge is 0.493 e. The van der Waals surface area contributed by atoms with Gasteiger partial charge in [0.15, 0.2) is 17.5 Å².